The number of halogens is 1. The molecule has 0 unspecified atom stereocenters. The summed E-state index contributed by atoms with van der Waals surface area (Å²) in [6.45, 7) is 13.5. The van der Waals surface area contributed by atoms with Crippen molar-refractivity contribution in [2.75, 3.05) is 7.11 Å². The highest BCUT2D eigenvalue weighted by Crippen LogP contribution is 2.40. The molecule has 0 aromatic heterocycles. The Morgan fingerprint density at radius 1 is 1.02 bits per heavy atom. The van der Waals surface area contributed by atoms with Gasteiger partial charge >= 0.3 is 5.97 Å². The number of methoxy groups -OCH3 is 1. The van der Waals surface area contributed by atoms with Crippen molar-refractivity contribution < 1.29 is 33.0 Å². The van der Waals surface area contributed by atoms with Gasteiger partial charge in [-0.2, -0.15) is 0 Å². The molecular weight excluding hydrogens is 515 g/mol. The van der Waals surface area contributed by atoms with E-state index in [1.807, 2.05) is 48.5 Å². The van der Waals surface area contributed by atoms with E-state index in [-0.39, 0.29) is 53.0 Å². The molecule has 3 atom stereocenters. The first kappa shape index (κ1) is 31.7. The molecule has 224 valence electrons. The summed E-state index contributed by atoms with van der Waals surface area (Å²) in [7, 11) is 1.38. The summed E-state index contributed by atoms with van der Waals surface area (Å²) in [6, 6.07) is 2.23. The largest absolute Gasteiger partial charge is 0.496 e. The molecule has 2 aliphatic rings. The Morgan fingerprint density at radius 3 is 2.25 bits per heavy atom. The molecule has 1 aromatic carbocycles. The molecule has 40 heavy (non-hydrogen) atoms. The van der Waals surface area contributed by atoms with E-state index in [4.69, 9.17) is 14.2 Å². The second kappa shape index (κ2) is 12.8. The van der Waals surface area contributed by atoms with E-state index < -0.39 is 22.7 Å². The van der Waals surface area contributed by atoms with Crippen molar-refractivity contribution in [3.8, 4) is 11.5 Å². The number of amides is 2. The van der Waals surface area contributed by atoms with Crippen LogP contribution in [0, 0.1) is 23.1 Å². The third-order valence-corrected chi connectivity index (χ3v) is 8.26. The molecule has 0 aliphatic heterocycles. The maximum absolute atomic E-state index is 15.0. The van der Waals surface area contributed by atoms with Crippen LogP contribution in [-0.4, -0.2) is 48.7 Å². The lowest BCUT2D eigenvalue weighted by molar-refractivity contribution is -0.169. The Hall–Kier alpha value is -2.84. The van der Waals surface area contributed by atoms with Crippen molar-refractivity contribution in [1.29, 1.82) is 0 Å². The van der Waals surface area contributed by atoms with Gasteiger partial charge < -0.3 is 24.8 Å². The molecule has 0 heterocycles. The van der Waals surface area contributed by atoms with Crippen molar-refractivity contribution in [3.63, 3.8) is 0 Å². The Kier molecular flexibility index (Phi) is 10.1. The van der Waals surface area contributed by atoms with Crippen LogP contribution in [0.25, 0.3) is 0 Å². The van der Waals surface area contributed by atoms with E-state index in [2.05, 4.69) is 10.6 Å². The van der Waals surface area contributed by atoms with E-state index in [1.54, 1.807) is 0 Å². The number of benzene rings is 1. The highest BCUT2D eigenvalue weighted by molar-refractivity contribution is 5.98. The first-order valence-electron chi connectivity index (χ1n) is 14.5. The SMILES string of the molecule is COc1cc(F)c(OC2CCC(C)(C(=O)OC(C)(C)C)CC2)cc1C(=O)N[C@@H]1CCC[C@@H]1C(=O)N[C@@H](C)C(C)C. The van der Waals surface area contributed by atoms with Gasteiger partial charge in [-0.25, -0.2) is 4.39 Å². The number of carbonyl (C=O) groups is 3. The zero-order valence-corrected chi connectivity index (χ0v) is 25.3. The molecule has 2 aliphatic carbocycles. The molecule has 2 amide bonds. The van der Waals surface area contributed by atoms with Crippen molar-refractivity contribution in [2.24, 2.45) is 17.3 Å². The van der Waals surface area contributed by atoms with Crippen LogP contribution in [0.4, 0.5) is 4.39 Å². The van der Waals surface area contributed by atoms with Gasteiger partial charge in [-0.15, -0.1) is 0 Å². The highest BCUT2D eigenvalue weighted by Gasteiger charge is 2.41. The molecule has 0 bridgehead atoms. The van der Waals surface area contributed by atoms with Crippen LogP contribution < -0.4 is 20.1 Å². The number of esters is 1. The number of ether oxygens (including phenoxy) is 3. The summed E-state index contributed by atoms with van der Waals surface area (Å²) in [5, 5.41) is 6.05. The van der Waals surface area contributed by atoms with Crippen molar-refractivity contribution >= 4 is 17.8 Å². The summed E-state index contributed by atoms with van der Waals surface area (Å²) in [4.78, 5) is 39.0. The molecule has 0 saturated heterocycles. The fraction of sp³-hybridized carbons (Fsp3) is 0.710. The van der Waals surface area contributed by atoms with Gasteiger partial charge in [0.05, 0.1) is 30.1 Å². The van der Waals surface area contributed by atoms with Crippen LogP contribution in [0.2, 0.25) is 0 Å². The Balaban J connectivity index is 1.68. The van der Waals surface area contributed by atoms with Crippen molar-refractivity contribution in [1.82, 2.24) is 10.6 Å². The van der Waals surface area contributed by atoms with E-state index in [9.17, 15) is 18.8 Å². The monoisotopic (exact) mass is 562 g/mol. The fourth-order valence-electron chi connectivity index (χ4n) is 5.29. The molecule has 0 spiro atoms. The standard InChI is InChI=1S/C31H47FN2O6/c1-18(2)19(3)33-27(35)21-10-9-11-24(21)34-28(36)22-16-26(23(32)17-25(22)38-8)39-20-12-14-31(7,15-13-20)29(37)40-30(4,5)6/h16-21,24H,9-15H2,1-8H3,(H,33,35)(H,34,36)/t19-,20?,21-,24+,31?/m0/s1. The van der Waals surface area contributed by atoms with Gasteiger partial charge in [0.25, 0.3) is 5.91 Å². The molecule has 2 fully saturated rings. The van der Waals surface area contributed by atoms with Gasteiger partial charge in [0.15, 0.2) is 11.6 Å². The van der Waals surface area contributed by atoms with E-state index in [0.717, 1.165) is 12.5 Å². The minimum atomic E-state index is -0.630. The fourth-order valence-corrected chi connectivity index (χ4v) is 5.29. The molecule has 9 heteroatoms. The predicted molar refractivity (Wildman–Crippen MR) is 151 cm³/mol. The van der Waals surface area contributed by atoms with Gasteiger partial charge in [-0.05, 0) is 85.1 Å². The molecule has 3 rings (SSSR count). The lowest BCUT2D eigenvalue weighted by atomic mass is 9.74. The highest BCUT2D eigenvalue weighted by atomic mass is 19.1. The van der Waals surface area contributed by atoms with Crippen LogP contribution in [0.15, 0.2) is 12.1 Å². The van der Waals surface area contributed by atoms with Crippen LogP contribution in [0.5, 0.6) is 11.5 Å². The maximum Gasteiger partial charge on any atom is 0.312 e. The lowest BCUT2D eigenvalue weighted by Gasteiger charge is -2.37. The quantitative estimate of drug-likeness (QED) is 0.382. The molecule has 2 saturated carbocycles. The van der Waals surface area contributed by atoms with Gasteiger partial charge in [-0.3, -0.25) is 14.4 Å². The number of hydrogen-bond acceptors (Lipinski definition) is 6. The van der Waals surface area contributed by atoms with E-state index >= 15 is 0 Å². The first-order valence-corrected chi connectivity index (χ1v) is 14.5. The van der Waals surface area contributed by atoms with Crippen molar-refractivity contribution in [3.05, 3.63) is 23.5 Å². The molecule has 1 aromatic rings. The number of hydrogen-bond donors (Lipinski definition) is 2. The maximum atomic E-state index is 15.0. The molecular formula is C31H47FN2O6. The third kappa shape index (κ3) is 7.88. The zero-order valence-electron chi connectivity index (χ0n) is 25.3. The number of rotatable bonds is 9. The first-order chi connectivity index (χ1) is 18.6. The summed E-state index contributed by atoms with van der Waals surface area (Å²) in [5.41, 5.74) is -1.03. The average molecular weight is 563 g/mol. The number of nitrogens with one attached hydrogen (secondary N) is 2. The van der Waals surface area contributed by atoms with Crippen molar-refractivity contribution in [2.45, 2.75) is 117 Å². The van der Waals surface area contributed by atoms with Crippen LogP contribution in [0.1, 0.15) is 104 Å². The summed E-state index contributed by atoms with van der Waals surface area (Å²) in [6.07, 6.45) is 4.12. The minimum absolute atomic E-state index is 0.0307. The second-order valence-corrected chi connectivity index (χ2v) is 13.0. The second-order valence-electron chi connectivity index (χ2n) is 13.0. The topological polar surface area (TPSA) is 103 Å². The third-order valence-electron chi connectivity index (χ3n) is 8.26. The lowest BCUT2D eigenvalue weighted by Crippen LogP contribution is -2.47. The molecule has 2 N–H and O–H groups in total. The van der Waals surface area contributed by atoms with Crippen LogP contribution >= 0.6 is 0 Å². The zero-order chi connectivity index (χ0) is 29.8. The smallest absolute Gasteiger partial charge is 0.312 e. The van der Waals surface area contributed by atoms with Gasteiger partial charge in [0.1, 0.15) is 11.4 Å². The van der Waals surface area contributed by atoms with Gasteiger partial charge in [0, 0.05) is 18.2 Å². The average Bonchev–Trinajstić information content (AvgIpc) is 3.33. The van der Waals surface area contributed by atoms with Crippen LogP contribution in [-0.2, 0) is 14.3 Å². The normalized spacial score (nSPS) is 25.7. The van der Waals surface area contributed by atoms with Gasteiger partial charge in [-0.1, -0.05) is 20.3 Å². The molecule has 0 radical (unpaired) electrons. The van der Waals surface area contributed by atoms with E-state index in [1.165, 1.54) is 13.2 Å². The Morgan fingerprint density at radius 2 is 1.68 bits per heavy atom. The van der Waals surface area contributed by atoms with E-state index in [0.29, 0.717) is 44.4 Å². The summed E-state index contributed by atoms with van der Waals surface area (Å²) < 4.78 is 31.9. The van der Waals surface area contributed by atoms with Gasteiger partial charge in [0.2, 0.25) is 5.91 Å². The molecule has 8 nitrogen and oxygen atoms in total. The minimum Gasteiger partial charge on any atom is -0.496 e. The summed E-state index contributed by atoms with van der Waals surface area (Å²) >= 11 is 0. The predicted octanol–water partition coefficient (Wildman–Crippen LogP) is 5.56. The Bertz CT molecular complexity index is 1070. The van der Waals surface area contributed by atoms with Crippen LogP contribution in [0.3, 0.4) is 0 Å². The number of carbonyl (C=O) groups excluding carboxylic acids is 3. The summed E-state index contributed by atoms with van der Waals surface area (Å²) in [5.74, 6) is -1.33. The Labute approximate surface area is 238 Å².